The van der Waals surface area contributed by atoms with Gasteiger partial charge in [0.1, 0.15) is 5.82 Å². The number of hydrogen-bond acceptors (Lipinski definition) is 1. The van der Waals surface area contributed by atoms with Crippen LogP contribution in [0.15, 0.2) is 24.3 Å². The minimum Gasteiger partial charge on any atom is -0.330 e. The molecule has 1 fully saturated rings. The van der Waals surface area contributed by atoms with Crippen molar-refractivity contribution in [1.29, 1.82) is 0 Å². The average Bonchev–Trinajstić information content (AvgIpc) is 2.32. The highest BCUT2D eigenvalue weighted by atomic mass is 19.1. The highest BCUT2D eigenvalue weighted by molar-refractivity contribution is 5.20. The predicted molar refractivity (Wildman–Crippen MR) is 64.8 cm³/mol. The molecule has 0 bridgehead atoms. The van der Waals surface area contributed by atoms with E-state index in [-0.39, 0.29) is 5.82 Å². The lowest BCUT2D eigenvalue weighted by molar-refractivity contribution is 0.313. The van der Waals surface area contributed by atoms with Crippen molar-refractivity contribution in [2.24, 2.45) is 11.7 Å². The highest BCUT2D eigenvalue weighted by Gasteiger charge is 2.21. The molecule has 0 radical (unpaired) electrons. The molecule has 1 saturated carbocycles. The molecule has 0 aliphatic heterocycles. The van der Waals surface area contributed by atoms with Gasteiger partial charge in [-0.15, -0.1) is 0 Å². The molecule has 0 unspecified atom stereocenters. The molecule has 0 spiro atoms. The Bertz CT molecular complexity index is 312. The first kappa shape index (κ1) is 11.6. The summed E-state index contributed by atoms with van der Waals surface area (Å²) in [5.74, 6) is 1.32. The summed E-state index contributed by atoms with van der Waals surface area (Å²) >= 11 is 0. The quantitative estimate of drug-likeness (QED) is 0.831. The van der Waals surface area contributed by atoms with Crippen LogP contribution in [0.1, 0.15) is 43.6 Å². The van der Waals surface area contributed by atoms with Crippen molar-refractivity contribution in [3.63, 3.8) is 0 Å². The lowest BCUT2D eigenvalue weighted by Gasteiger charge is -2.28. The molecule has 2 heteroatoms. The summed E-state index contributed by atoms with van der Waals surface area (Å²) in [6.07, 6.45) is 6.18. The Morgan fingerprint density at radius 3 is 2.25 bits per heavy atom. The smallest absolute Gasteiger partial charge is 0.123 e. The fourth-order valence-electron chi connectivity index (χ4n) is 2.76. The topological polar surface area (TPSA) is 26.0 Å². The maximum atomic E-state index is 12.8. The molecule has 0 amide bonds. The van der Waals surface area contributed by atoms with Crippen molar-refractivity contribution in [2.75, 3.05) is 6.54 Å². The summed E-state index contributed by atoms with van der Waals surface area (Å²) in [7, 11) is 0. The summed E-state index contributed by atoms with van der Waals surface area (Å²) in [5.41, 5.74) is 6.88. The first-order valence-corrected chi connectivity index (χ1v) is 6.25. The Balaban J connectivity index is 1.91. The number of nitrogens with two attached hydrogens (primary N) is 1. The van der Waals surface area contributed by atoms with Gasteiger partial charge in [-0.2, -0.15) is 0 Å². The summed E-state index contributed by atoms with van der Waals surface area (Å²) in [4.78, 5) is 0. The Hall–Kier alpha value is -0.890. The highest BCUT2D eigenvalue weighted by Crippen LogP contribution is 2.36. The van der Waals surface area contributed by atoms with Crippen LogP contribution in [-0.2, 0) is 0 Å². The zero-order valence-corrected chi connectivity index (χ0v) is 9.66. The first-order valence-electron chi connectivity index (χ1n) is 6.25. The van der Waals surface area contributed by atoms with Gasteiger partial charge in [0.25, 0.3) is 0 Å². The Morgan fingerprint density at radius 2 is 1.69 bits per heavy atom. The monoisotopic (exact) mass is 221 g/mol. The minimum atomic E-state index is -0.138. The average molecular weight is 221 g/mol. The van der Waals surface area contributed by atoms with E-state index in [9.17, 15) is 4.39 Å². The third kappa shape index (κ3) is 2.82. The summed E-state index contributed by atoms with van der Waals surface area (Å²) in [6, 6.07) is 7.01. The summed E-state index contributed by atoms with van der Waals surface area (Å²) < 4.78 is 12.8. The molecule has 1 aromatic carbocycles. The van der Waals surface area contributed by atoms with Gasteiger partial charge in [-0.25, -0.2) is 4.39 Å². The first-order chi connectivity index (χ1) is 7.79. The van der Waals surface area contributed by atoms with Crippen LogP contribution in [-0.4, -0.2) is 6.54 Å². The van der Waals surface area contributed by atoms with Crippen LogP contribution in [0, 0.1) is 11.7 Å². The molecule has 16 heavy (non-hydrogen) atoms. The Labute approximate surface area is 96.9 Å². The lowest BCUT2D eigenvalue weighted by Crippen LogP contribution is -2.16. The third-order valence-electron chi connectivity index (χ3n) is 3.76. The van der Waals surface area contributed by atoms with Crippen molar-refractivity contribution >= 4 is 0 Å². The molecule has 1 aliphatic carbocycles. The fourth-order valence-corrected chi connectivity index (χ4v) is 2.76. The van der Waals surface area contributed by atoms with Crippen LogP contribution in [0.5, 0.6) is 0 Å². The van der Waals surface area contributed by atoms with E-state index in [1.54, 1.807) is 12.1 Å². The number of rotatable bonds is 3. The van der Waals surface area contributed by atoms with E-state index < -0.39 is 0 Å². The molecule has 2 rings (SSSR count). The normalized spacial score (nSPS) is 25.6. The Morgan fingerprint density at radius 1 is 1.06 bits per heavy atom. The molecule has 0 aromatic heterocycles. The van der Waals surface area contributed by atoms with Crippen molar-refractivity contribution in [2.45, 2.75) is 38.0 Å². The fraction of sp³-hybridized carbons (Fsp3) is 0.571. The van der Waals surface area contributed by atoms with Crippen LogP contribution < -0.4 is 5.73 Å². The van der Waals surface area contributed by atoms with Crippen LogP contribution in [0.25, 0.3) is 0 Å². The third-order valence-corrected chi connectivity index (χ3v) is 3.76. The maximum absolute atomic E-state index is 12.8. The van der Waals surface area contributed by atoms with Gasteiger partial charge in [-0.1, -0.05) is 12.1 Å². The van der Waals surface area contributed by atoms with E-state index in [0.717, 1.165) is 18.9 Å². The van der Waals surface area contributed by atoms with Gasteiger partial charge >= 0.3 is 0 Å². The molecule has 0 saturated heterocycles. The van der Waals surface area contributed by atoms with Gasteiger partial charge in [0.05, 0.1) is 0 Å². The van der Waals surface area contributed by atoms with Gasteiger partial charge < -0.3 is 5.73 Å². The van der Waals surface area contributed by atoms with Crippen molar-refractivity contribution < 1.29 is 4.39 Å². The van der Waals surface area contributed by atoms with Gasteiger partial charge in [-0.3, -0.25) is 0 Å². The standard InChI is InChI=1S/C14H20FN/c15-14-7-5-13(6-8-14)12-3-1-11(2-4-12)9-10-16/h5-8,11-12H,1-4,9-10,16H2. The van der Waals surface area contributed by atoms with Crippen LogP contribution in [0.4, 0.5) is 4.39 Å². The van der Waals surface area contributed by atoms with E-state index in [0.29, 0.717) is 5.92 Å². The molecule has 1 aliphatic rings. The van der Waals surface area contributed by atoms with Crippen LogP contribution >= 0.6 is 0 Å². The number of benzene rings is 1. The van der Waals surface area contributed by atoms with E-state index in [1.165, 1.54) is 31.2 Å². The van der Waals surface area contributed by atoms with Crippen LogP contribution in [0.3, 0.4) is 0 Å². The second-order valence-corrected chi connectivity index (χ2v) is 4.85. The minimum absolute atomic E-state index is 0.138. The van der Waals surface area contributed by atoms with Crippen molar-refractivity contribution in [3.8, 4) is 0 Å². The molecular weight excluding hydrogens is 201 g/mol. The molecule has 0 heterocycles. The van der Waals surface area contributed by atoms with Gasteiger partial charge in [-0.05, 0) is 68.2 Å². The van der Waals surface area contributed by atoms with Crippen LogP contribution in [0.2, 0.25) is 0 Å². The molecule has 1 nitrogen and oxygen atoms in total. The predicted octanol–water partition coefficient (Wildman–Crippen LogP) is 3.45. The summed E-state index contributed by atoms with van der Waals surface area (Å²) in [5, 5.41) is 0. The second kappa shape index (κ2) is 5.44. The SMILES string of the molecule is NCCC1CCC(c2ccc(F)cc2)CC1. The van der Waals surface area contributed by atoms with E-state index in [4.69, 9.17) is 5.73 Å². The van der Waals surface area contributed by atoms with Crippen molar-refractivity contribution in [1.82, 2.24) is 0 Å². The van der Waals surface area contributed by atoms with Gasteiger partial charge in [0, 0.05) is 0 Å². The Kier molecular flexibility index (Phi) is 3.94. The van der Waals surface area contributed by atoms with Gasteiger partial charge in [0.15, 0.2) is 0 Å². The molecule has 1 aromatic rings. The number of hydrogen-bond donors (Lipinski definition) is 1. The molecule has 2 N–H and O–H groups in total. The molecule has 0 atom stereocenters. The number of halogens is 1. The largest absolute Gasteiger partial charge is 0.330 e. The van der Waals surface area contributed by atoms with Crippen molar-refractivity contribution in [3.05, 3.63) is 35.6 Å². The molecular formula is C14H20FN. The van der Waals surface area contributed by atoms with E-state index in [1.807, 2.05) is 12.1 Å². The van der Waals surface area contributed by atoms with Gasteiger partial charge in [0.2, 0.25) is 0 Å². The van der Waals surface area contributed by atoms with E-state index >= 15 is 0 Å². The second-order valence-electron chi connectivity index (χ2n) is 4.85. The maximum Gasteiger partial charge on any atom is 0.123 e. The zero-order chi connectivity index (χ0) is 11.4. The zero-order valence-electron chi connectivity index (χ0n) is 9.66. The lowest BCUT2D eigenvalue weighted by atomic mass is 9.77. The summed E-state index contributed by atoms with van der Waals surface area (Å²) in [6.45, 7) is 0.811. The van der Waals surface area contributed by atoms with E-state index in [2.05, 4.69) is 0 Å². The molecule has 88 valence electrons.